The molecule has 0 unspecified atom stereocenters. The van der Waals surface area contributed by atoms with Crippen molar-refractivity contribution in [2.24, 2.45) is 0 Å². The summed E-state index contributed by atoms with van der Waals surface area (Å²) in [5, 5.41) is 10.6. The van der Waals surface area contributed by atoms with Crippen molar-refractivity contribution >= 4 is 53.0 Å². The number of nitro benzene ring substituents is 1. The fraction of sp³-hybridized carbons (Fsp3) is 0.143. The van der Waals surface area contributed by atoms with Crippen LogP contribution in [-0.4, -0.2) is 20.5 Å². The Labute approximate surface area is 114 Å². The fourth-order valence-corrected chi connectivity index (χ4v) is 3.74. The second kappa shape index (κ2) is 4.97. The molecule has 6 nitrogen and oxygen atoms in total. The van der Waals surface area contributed by atoms with Gasteiger partial charge < -0.3 is 4.74 Å². The summed E-state index contributed by atoms with van der Waals surface area (Å²) in [5.41, 5.74) is -0.598. The van der Waals surface area contributed by atoms with Crippen molar-refractivity contribution in [2.75, 3.05) is 7.11 Å². The normalized spacial score (nSPS) is 11.3. The lowest BCUT2D eigenvalue weighted by atomic mass is 10.3. The van der Waals surface area contributed by atoms with Crippen molar-refractivity contribution in [3.05, 3.63) is 25.7 Å². The first-order chi connectivity index (χ1) is 7.70. The van der Waals surface area contributed by atoms with Crippen molar-refractivity contribution in [1.82, 2.24) is 0 Å². The van der Waals surface area contributed by atoms with Gasteiger partial charge in [-0.3, -0.25) is 10.1 Å². The zero-order chi connectivity index (χ0) is 13.4. The fourth-order valence-electron chi connectivity index (χ4n) is 1.11. The number of hydrogen-bond donors (Lipinski definition) is 0. The first-order valence-corrected chi connectivity index (χ1v) is 7.33. The maximum atomic E-state index is 11.2. The summed E-state index contributed by atoms with van der Waals surface area (Å²) in [7, 11) is 2.15. The first kappa shape index (κ1) is 14.5. The van der Waals surface area contributed by atoms with Gasteiger partial charge in [-0.1, -0.05) is 11.6 Å². The molecule has 1 aromatic carbocycles. The zero-order valence-corrected chi connectivity index (χ0v) is 12.0. The molecule has 0 bridgehead atoms. The van der Waals surface area contributed by atoms with E-state index < -0.39 is 24.6 Å². The summed E-state index contributed by atoms with van der Waals surface area (Å²) < 4.78 is 26.8. The first-order valence-electron chi connectivity index (χ1n) is 3.85. The van der Waals surface area contributed by atoms with Crippen molar-refractivity contribution in [3.8, 4) is 5.75 Å². The van der Waals surface area contributed by atoms with Crippen LogP contribution in [0.5, 0.6) is 5.75 Å². The topological polar surface area (TPSA) is 86.5 Å². The SMILES string of the molecule is COc1c(Cl)cc(S(=O)(=O)Cl)c(Br)c1[N+](=O)[O-]. The Kier molecular flexibility index (Phi) is 4.23. The Morgan fingerprint density at radius 3 is 2.41 bits per heavy atom. The Morgan fingerprint density at radius 2 is 2.06 bits per heavy atom. The molecular formula is C7H4BrCl2NO5S. The van der Waals surface area contributed by atoms with Gasteiger partial charge in [-0.05, 0) is 22.0 Å². The third kappa shape index (κ3) is 2.82. The predicted molar refractivity (Wildman–Crippen MR) is 65.4 cm³/mol. The van der Waals surface area contributed by atoms with E-state index in [4.69, 9.17) is 27.0 Å². The maximum Gasteiger partial charge on any atom is 0.327 e. The Bertz CT molecular complexity index is 588. The molecule has 0 aromatic heterocycles. The van der Waals surface area contributed by atoms with Crippen LogP contribution in [0.15, 0.2) is 15.4 Å². The lowest BCUT2D eigenvalue weighted by Crippen LogP contribution is -2.01. The molecule has 0 heterocycles. The van der Waals surface area contributed by atoms with E-state index in [0.29, 0.717) is 0 Å². The largest absolute Gasteiger partial charge is 0.489 e. The lowest BCUT2D eigenvalue weighted by molar-refractivity contribution is -0.386. The molecule has 0 radical (unpaired) electrons. The quantitative estimate of drug-likeness (QED) is 0.467. The Balaban J connectivity index is 3.79. The van der Waals surface area contributed by atoms with E-state index in [1.807, 2.05) is 0 Å². The molecule has 0 aliphatic heterocycles. The molecule has 10 heteroatoms. The van der Waals surface area contributed by atoms with Gasteiger partial charge in [0.15, 0.2) is 0 Å². The highest BCUT2D eigenvalue weighted by molar-refractivity contribution is 9.10. The van der Waals surface area contributed by atoms with Gasteiger partial charge >= 0.3 is 5.69 Å². The smallest absolute Gasteiger partial charge is 0.327 e. The minimum absolute atomic E-state index is 0.221. The summed E-state index contributed by atoms with van der Waals surface area (Å²) in [6.07, 6.45) is 0. The number of rotatable bonds is 3. The standard InChI is InChI=1S/C7H4BrCl2NO5S/c1-16-7-3(9)2-4(17(10,14)15)5(8)6(7)11(12)13/h2H,1H3. The van der Waals surface area contributed by atoms with Crippen molar-refractivity contribution in [3.63, 3.8) is 0 Å². The van der Waals surface area contributed by atoms with E-state index in [-0.39, 0.29) is 15.2 Å². The maximum absolute atomic E-state index is 11.2. The van der Waals surface area contributed by atoms with Crippen LogP contribution in [0.3, 0.4) is 0 Å². The summed E-state index contributed by atoms with van der Waals surface area (Å²) >= 11 is 8.48. The summed E-state index contributed by atoms with van der Waals surface area (Å²) in [6.45, 7) is 0. The van der Waals surface area contributed by atoms with E-state index in [0.717, 1.165) is 6.07 Å². The van der Waals surface area contributed by atoms with Gasteiger partial charge in [-0.25, -0.2) is 8.42 Å². The van der Waals surface area contributed by atoms with Crippen LogP contribution in [0.1, 0.15) is 0 Å². The third-order valence-electron chi connectivity index (χ3n) is 1.76. The third-order valence-corrected chi connectivity index (χ3v) is 4.46. The minimum Gasteiger partial charge on any atom is -0.489 e. The van der Waals surface area contributed by atoms with Gasteiger partial charge in [0, 0.05) is 10.7 Å². The molecular weight excluding hydrogens is 361 g/mol. The summed E-state index contributed by atoms with van der Waals surface area (Å²) in [5.74, 6) is -0.243. The van der Waals surface area contributed by atoms with Gasteiger partial charge in [-0.15, -0.1) is 0 Å². The molecule has 0 fully saturated rings. The number of ether oxygens (including phenoxy) is 1. The van der Waals surface area contributed by atoms with Crippen LogP contribution < -0.4 is 4.74 Å². The molecule has 0 N–H and O–H groups in total. The average molecular weight is 365 g/mol. The monoisotopic (exact) mass is 363 g/mol. The van der Waals surface area contributed by atoms with E-state index in [2.05, 4.69) is 15.9 Å². The van der Waals surface area contributed by atoms with Crippen molar-refractivity contribution in [1.29, 1.82) is 0 Å². The molecule has 0 saturated carbocycles. The Morgan fingerprint density at radius 1 is 1.53 bits per heavy atom. The van der Waals surface area contributed by atoms with Gasteiger partial charge in [-0.2, -0.15) is 0 Å². The van der Waals surface area contributed by atoms with Gasteiger partial charge in [0.05, 0.1) is 17.1 Å². The lowest BCUT2D eigenvalue weighted by Gasteiger charge is -2.08. The summed E-state index contributed by atoms with van der Waals surface area (Å²) in [4.78, 5) is 9.52. The van der Waals surface area contributed by atoms with Crippen LogP contribution in [-0.2, 0) is 9.05 Å². The molecule has 0 aliphatic rings. The number of nitro groups is 1. The predicted octanol–water partition coefficient (Wildman–Crippen LogP) is 2.95. The van der Waals surface area contributed by atoms with Crippen LogP contribution in [0.4, 0.5) is 5.69 Å². The second-order valence-electron chi connectivity index (χ2n) is 2.75. The van der Waals surface area contributed by atoms with E-state index >= 15 is 0 Å². The van der Waals surface area contributed by atoms with Crippen LogP contribution in [0, 0.1) is 10.1 Å². The van der Waals surface area contributed by atoms with E-state index in [1.165, 1.54) is 7.11 Å². The second-order valence-corrected chi connectivity index (χ2v) is 6.48. The van der Waals surface area contributed by atoms with Crippen molar-refractivity contribution < 1.29 is 18.1 Å². The van der Waals surface area contributed by atoms with Crippen LogP contribution in [0.2, 0.25) is 5.02 Å². The van der Waals surface area contributed by atoms with Gasteiger partial charge in [0.2, 0.25) is 5.75 Å². The molecule has 0 amide bonds. The highest BCUT2D eigenvalue weighted by atomic mass is 79.9. The molecule has 0 atom stereocenters. The van der Waals surface area contributed by atoms with Crippen LogP contribution >= 0.6 is 38.2 Å². The number of hydrogen-bond acceptors (Lipinski definition) is 5. The highest BCUT2D eigenvalue weighted by Gasteiger charge is 2.30. The molecule has 0 saturated heterocycles. The Hall–Kier alpha value is -0.570. The van der Waals surface area contributed by atoms with E-state index in [1.54, 1.807) is 0 Å². The molecule has 1 aromatic rings. The summed E-state index contributed by atoms with van der Waals surface area (Å²) in [6, 6.07) is 0.972. The number of benzene rings is 1. The van der Waals surface area contributed by atoms with Crippen molar-refractivity contribution in [2.45, 2.75) is 4.90 Å². The molecule has 94 valence electrons. The van der Waals surface area contributed by atoms with Crippen LogP contribution in [0.25, 0.3) is 0 Å². The highest BCUT2D eigenvalue weighted by Crippen LogP contribution is 2.44. The molecule has 1 rings (SSSR count). The van der Waals surface area contributed by atoms with Gasteiger partial charge in [0.1, 0.15) is 9.37 Å². The number of methoxy groups -OCH3 is 1. The molecule has 0 spiro atoms. The number of nitrogens with zero attached hydrogens (tertiary/aromatic N) is 1. The number of halogens is 3. The average Bonchev–Trinajstić information content (AvgIpc) is 2.17. The van der Waals surface area contributed by atoms with Gasteiger partial charge in [0.25, 0.3) is 9.05 Å². The minimum atomic E-state index is -4.16. The molecule has 17 heavy (non-hydrogen) atoms. The zero-order valence-electron chi connectivity index (χ0n) is 8.11. The van der Waals surface area contributed by atoms with E-state index in [9.17, 15) is 18.5 Å². The molecule has 0 aliphatic carbocycles.